The Morgan fingerprint density at radius 1 is 1.31 bits per heavy atom. The van der Waals surface area contributed by atoms with E-state index in [0.29, 0.717) is 30.0 Å². The Kier molecular flexibility index (Phi) is 6.28. The number of benzene rings is 1. The molecule has 0 unspecified atom stereocenters. The van der Waals surface area contributed by atoms with Gasteiger partial charge in [0.1, 0.15) is 11.1 Å². The number of nitrogens with one attached hydrogen (secondary N) is 2. The highest BCUT2D eigenvalue weighted by atomic mass is 35.5. The van der Waals surface area contributed by atoms with Crippen LogP contribution in [0.3, 0.4) is 0 Å². The van der Waals surface area contributed by atoms with Crippen LogP contribution in [0.4, 0.5) is 5.69 Å². The lowest BCUT2D eigenvalue weighted by Crippen LogP contribution is -2.52. The van der Waals surface area contributed by atoms with Gasteiger partial charge >= 0.3 is 0 Å². The van der Waals surface area contributed by atoms with Gasteiger partial charge < -0.3 is 15.1 Å². The van der Waals surface area contributed by atoms with E-state index in [1.54, 1.807) is 17.8 Å². The fourth-order valence-corrected chi connectivity index (χ4v) is 3.29. The summed E-state index contributed by atoms with van der Waals surface area (Å²) in [5, 5.41) is 10.7. The van der Waals surface area contributed by atoms with Crippen molar-refractivity contribution in [3.63, 3.8) is 0 Å². The predicted molar refractivity (Wildman–Crippen MR) is 104 cm³/mol. The maximum Gasteiger partial charge on any atom is 0.252 e. The minimum absolute atomic E-state index is 0. The molecule has 1 aliphatic rings. The number of oxazole rings is 1. The van der Waals surface area contributed by atoms with Crippen molar-refractivity contribution in [2.24, 2.45) is 0 Å². The van der Waals surface area contributed by atoms with Crippen molar-refractivity contribution >= 4 is 47.5 Å². The van der Waals surface area contributed by atoms with E-state index in [0.717, 1.165) is 18.6 Å². The molecule has 1 saturated heterocycles. The first-order chi connectivity index (χ1) is 11.7. The van der Waals surface area contributed by atoms with Gasteiger partial charge in [0.05, 0.1) is 0 Å². The largest absolute Gasteiger partial charge is 0.441 e. The summed E-state index contributed by atoms with van der Waals surface area (Å²) in [5.41, 5.74) is 1.51. The lowest BCUT2D eigenvalue weighted by atomic mass is 9.87. The van der Waals surface area contributed by atoms with Crippen LogP contribution in [0.1, 0.15) is 18.7 Å². The minimum atomic E-state index is -0.663. The number of fused-ring (bicyclic) bond motifs is 1. The second kappa shape index (κ2) is 8.07. The molecule has 0 atom stereocenters. The summed E-state index contributed by atoms with van der Waals surface area (Å²) in [5.74, 6) is 0.562. The molecule has 1 amide bonds. The smallest absolute Gasteiger partial charge is 0.252 e. The quantitative estimate of drug-likeness (QED) is 0.709. The summed E-state index contributed by atoms with van der Waals surface area (Å²) in [6.07, 6.45) is 4.97. The number of nitrogens with zero attached hydrogens (tertiary/aromatic N) is 3. The van der Waals surface area contributed by atoms with Crippen LogP contribution < -0.4 is 10.6 Å². The normalized spacial score (nSPS) is 15.7. The third kappa shape index (κ3) is 3.56. The number of amides is 1. The molecule has 2 aromatic heterocycles. The van der Waals surface area contributed by atoms with Gasteiger partial charge in [-0.05, 0) is 50.2 Å². The highest BCUT2D eigenvalue weighted by Gasteiger charge is 2.42. The molecule has 1 aliphatic heterocycles. The molecule has 0 aliphatic carbocycles. The van der Waals surface area contributed by atoms with E-state index < -0.39 is 5.54 Å². The van der Waals surface area contributed by atoms with Crippen LogP contribution in [0, 0.1) is 6.92 Å². The molecule has 4 rings (SSSR count). The molecule has 3 heterocycles. The summed E-state index contributed by atoms with van der Waals surface area (Å²) in [6.45, 7) is 3.38. The molecule has 0 saturated carbocycles. The van der Waals surface area contributed by atoms with Gasteiger partial charge in [-0.3, -0.25) is 9.48 Å². The van der Waals surface area contributed by atoms with Gasteiger partial charge in [0.25, 0.3) is 5.91 Å². The molecule has 26 heavy (non-hydrogen) atoms. The number of aryl methyl sites for hydroxylation is 1. The lowest BCUT2D eigenvalue weighted by Gasteiger charge is -2.36. The third-order valence-electron chi connectivity index (χ3n) is 4.55. The lowest BCUT2D eigenvalue weighted by molar-refractivity contribution is -0.126. The summed E-state index contributed by atoms with van der Waals surface area (Å²) < 4.78 is 7.26. The SMILES string of the molecule is Cc1nc2cc(NC(=O)C3(n4cccn4)CCNCC3)ccc2o1.Cl.Cl. The van der Waals surface area contributed by atoms with Crippen molar-refractivity contribution in [1.29, 1.82) is 0 Å². The molecule has 2 N–H and O–H groups in total. The molecule has 1 fully saturated rings. The van der Waals surface area contributed by atoms with Crippen LogP contribution >= 0.6 is 24.8 Å². The number of aromatic nitrogens is 3. The minimum Gasteiger partial charge on any atom is -0.441 e. The van der Waals surface area contributed by atoms with Crippen molar-refractivity contribution in [3.8, 4) is 0 Å². The monoisotopic (exact) mass is 397 g/mol. The Hall–Kier alpha value is -2.09. The predicted octanol–water partition coefficient (Wildman–Crippen LogP) is 2.89. The maximum atomic E-state index is 13.1. The second-order valence-corrected chi connectivity index (χ2v) is 6.10. The zero-order valence-corrected chi connectivity index (χ0v) is 15.9. The van der Waals surface area contributed by atoms with E-state index in [9.17, 15) is 4.79 Å². The number of carbonyl (C=O) groups is 1. The number of carbonyl (C=O) groups excluding carboxylic acids is 1. The van der Waals surface area contributed by atoms with E-state index in [-0.39, 0.29) is 30.7 Å². The first-order valence-corrected chi connectivity index (χ1v) is 8.07. The van der Waals surface area contributed by atoms with E-state index in [4.69, 9.17) is 4.42 Å². The van der Waals surface area contributed by atoms with E-state index >= 15 is 0 Å². The number of rotatable bonds is 3. The summed E-state index contributed by atoms with van der Waals surface area (Å²) in [6, 6.07) is 7.35. The number of halogens is 2. The standard InChI is InChI=1S/C17H19N5O2.2ClH/c1-12-20-14-11-13(3-4-15(14)24-12)21-16(23)17(5-8-18-9-6-17)22-10-2-7-19-22;;/h2-4,7,10-11,18H,5-6,8-9H2,1H3,(H,21,23);2*1H. The van der Waals surface area contributed by atoms with Crippen molar-refractivity contribution < 1.29 is 9.21 Å². The first kappa shape index (κ1) is 20.2. The molecular formula is C17H21Cl2N5O2. The topological polar surface area (TPSA) is 85.0 Å². The number of hydrogen-bond donors (Lipinski definition) is 2. The van der Waals surface area contributed by atoms with Crippen LogP contribution in [0.15, 0.2) is 41.1 Å². The summed E-state index contributed by atoms with van der Waals surface area (Å²) in [7, 11) is 0. The van der Waals surface area contributed by atoms with Crippen LogP contribution in [0.5, 0.6) is 0 Å². The Labute approximate surface area is 163 Å². The third-order valence-corrected chi connectivity index (χ3v) is 4.55. The molecule has 1 aromatic carbocycles. The van der Waals surface area contributed by atoms with Crippen molar-refractivity contribution in [3.05, 3.63) is 42.5 Å². The average molecular weight is 398 g/mol. The van der Waals surface area contributed by atoms with Gasteiger partial charge in [0.2, 0.25) is 0 Å². The molecule has 140 valence electrons. The van der Waals surface area contributed by atoms with Crippen LogP contribution in [-0.2, 0) is 10.3 Å². The second-order valence-electron chi connectivity index (χ2n) is 6.10. The number of anilines is 1. The zero-order valence-electron chi connectivity index (χ0n) is 14.3. The van der Waals surface area contributed by atoms with Crippen molar-refractivity contribution in [2.45, 2.75) is 25.3 Å². The van der Waals surface area contributed by atoms with Gasteiger partial charge in [-0.2, -0.15) is 5.10 Å². The number of piperidine rings is 1. The van der Waals surface area contributed by atoms with Gasteiger partial charge in [-0.15, -0.1) is 24.8 Å². The van der Waals surface area contributed by atoms with E-state index in [2.05, 4.69) is 20.7 Å². The van der Waals surface area contributed by atoms with Gasteiger partial charge in [-0.1, -0.05) is 0 Å². The fourth-order valence-electron chi connectivity index (χ4n) is 3.29. The molecule has 7 nitrogen and oxygen atoms in total. The Bertz CT molecular complexity index is 873. The van der Waals surface area contributed by atoms with Crippen molar-refractivity contribution in [2.75, 3.05) is 18.4 Å². The molecular weight excluding hydrogens is 377 g/mol. The van der Waals surface area contributed by atoms with Crippen LogP contribution in [0.25, 0.3) is 11.1 Å². The zero-order chi connectivity index (χ0) is 16.6. The Balaban J connectivity index is 0.00000121. The van der Waals surface area contributed by atoms with Gasteiger partial charge in [0, 0.05) is 25.0 Å². The summed E-state index contributed by atoms with van der Waals surface area (Å²) >= 11 is 0. The van der Waals surface area contributed by atoms with Crippen molar-refractivity contribution in [1.82, 2.24) is 20.1 Å². The van der Waals surface area contributed by atoms with Crippen LogP contribution in [-0.4, -0.2) is 33.8 Å². The highest BCUT2D eigenvalue weighted by Crippen LogP contribution is 2.29. The molecule has 0 spiro atoms. The van der Waals surface area contributed by atoms with Crippen LogP contribution in [0.2, 0.25) is 0 Å². The van der Waals surface area contributed by atoms with E-state index in [1.807, 2.05) is 30.5 Å². The molecule has 0 radical (unpaired) electrons. The Morgan fingerprint density at radius 3 is 2.77 bits per heavy atom. The first-order valence-electron chi connectivity index (χ1n) is 8.07. The highest BCUT2D eigenvalue weighted by molar-refractivity contribution is 5.98. The molecule has 9 heteroatoms. The number of hydrogen-bond acceptors (Lipinski definition) is 5. The average Bonchev–Trinajstić information content (AvgIpc) is 3.24. The molecule has 0 bridgehead atoms. The van der Waals surface area contributed by atoms with E-state index in [1.165, 1.54) is 0 Å². The summed E-state index contributed by atoms with van der Waals surface area (Å²) in [4.78, 5) is 17.4. The van der Waals surface area contributed by atoms with Gasteiger partial charge in [0.15, 0.2) is 11.5 Å². The van der Waals surface area contributed by atoms with Gasteiger partial charge in [-0.25, -0.2) is 4.98 Å². The molecule has 3 aromatic rings. The fraction of sp³-hybridized carbons (Fsp3) is 0.353. The Morgan fingerprint density at radius 2 is 2.08 bits per heavy atom. The maximum absolute atomic E-state index is 13.1.